The molecule has 0 unspecified atom stereocenters. The van der Waals surface area contributed by atoms with Crippen LogP contribution in [0.4, 0.5) is 5.69 Å². The van der Waals surface area contributed by atoms with Gasteiger partial charge in [0.15, 0.2) is 11.3 Å². The molecular formula is C32H37Cl2N3O4. The van der Waals surface area contributed by atoms with Crippen molar-refractivity contribution in [3.05, 3.63) is 69.1 Å². The second-order valence-corrected chi connectivity index (χ2v) is 12.4. The standard InChI is InChI=1S/C32H37Cl2N3O4/c1-3-41-30(40)31(2,21-12-14-22(15-13-21)36-29(39)26-23(33)18-35-19-24(26)34)37-27-25(20-10-6-4-7-11-20)28(38)32(27)16-8-5-9-17-32/h12-15,18-20,37H,3-11,16-17H2,1-2H3,(H,36,39)/t31-/m0/s1. The molecule has 2 N–H and O–H groups in total. The predicted molar refractivity (Wildman–Crippen MR) is 160 cm³/mol. The van der Waals surface area contributed by atoms with Crippen LogP contribution in [0.3, 0.4) is 0 Å². The van der Waals surface area contributed by atoms with Crippen molar-refractivity contribution in [1.82, 2.24) is 10.3 Å². The number of carbonyl (C=O) groups excluding carboxylic acids is 3. The molecule has 3 aliphatic rings. The third-order valence-corrected chi connectivity index (χ3v) is 9.58. The number of allylic oxidation sites excluding steroid dienone is 2. The minimum absolute atomic E-state index is 0.139. The fraction of sp³-hybridized carbons (Fsp3) is 0.500. The quantitative estimate of drug-likeness (QED) is 0.308. The largest absolute Gasteiger partial charge is 0.464 e. The average Bonchev–Trinajstić information content (AvgIpc) is 2.98. The van der Waals surface area contributed by atoms with E-state index in [-0.39, 0.29) is 33.9 Å². The zero-order valence-corrected chi connectivity index (χ0v) is 25.2. The van der Waals surface area contributed by atoms with Gasteiger partial charge in [0.1, 0.15) is 0 Å². The van der Waals surface area contributed by atoms with E-state index in [4.69, 9.17) is 27.9 Å². The van der Waals surface area contributed by atoms with E-state index in [0.717, 1.165) is 69.1 Å². The summed E-state index contributed by atoms with van der Waals surface area (Å²) < 4.78 is 5.58. The van der Waals surface area contributed by atoms with E-state index < -0.39 is 22.8 Å². The number of benzene rings is 1. The van der Waals surface area contributed by atoms with Crippen molar-refractivity contribution in [3.63, 3.8) is 0 Å². The Hall–Kier alpha value is -2.90. The highest BCUT2D eigenvalue weighted by Gasteiger charge is 2.57. The van der Waals surface area contributed by atoms with Crippen LogP contribution in [-0.4, -0.2) is 29.3 Å². The predicted octanol–water partition coefficient (Wildman–Crippen LogP) is 7.38. The lowest BCUT2D eigenvalue weighted by Gasteiger charge is -2.51. The molecule has 1 amide bonds. The van der Waals surface area contributed by atoms with Crippen molar-refractivity contribution in [2.75, 3.05) is 11.9 Å². The molecule has 1 spiro atoms. The summed E-state index contributed by atoms with van der Waals surface area (Å²) in [5.41, 5.74) is 1.42. The van der Waals surface area contributed by atoms with E-state index in [1.807, 2.05) is 6.92 Å². The maximum atomic E-state index is 13.8. The maximum absolute atomic E-state index is 13.8. The number of nitrogens with zero attached hydrogens (tertiary/aromatic N) is 1. The molecule has 2 fully saturated rings. The normalized spacial score (nSPS) is 20.2. The Morgan fingerprint density at radius 2 is 1.61 bits per heavy atom. The minimum atomic E-state index is -1.23. The zero-order valence-electron chi connectivity index (χ0n) is 23.7. The van der Waals surface area contributed by atoms with Gasteiger partial charge in [-0.25, -0.2) is 4.79 Å². The van der Waals surface area contributed by atoms with Crippen LogP contribution in [0, 0.1) is 11.3 Å². The van der Waals surface area contributed by atoms with Crippen LogP contribution in [0.1, 0.15) is 94.0 Å². The first-order chi connectivity index (χ1) is 19.7. The molecule has 2 aromatic rings. The minimum Gasteiger partial charge on any atom is -0.464 e. The van der Waals surface area contributed by atoms with Gasteiger partial charge in [0, 0.05) is 29.4 Å². The Labute approximate surface area is 251 Å². The van der Waals surface area contributed by atoms with Crippen LogP contribution in [-0.2, 0) is 19.9 Å². The van der Waals surface area contributed by atoms with E-state index in [1.54, 1.807) is 31.2 Å². The van der Waals surface area contributed by atoms with Gasteiger partial charge in [0.25, 0.3) is 5.91 Å². The number of rotatable bonds is 8. The lowest BCUT2D eigenvalue weighted by Crippen LogP contribution is -2.58. The highest BCUT2D eigenvalue weighted by molar-refractivity contribution is 6.40. The third-order valence-electron chi connectivity index (χ3n) is 9.01. The Morgan fingerprint density at radius 3 is 2.22 bits per heavy atom. The fourth-order valence-corrected chi connectivity index (χ4v) is 7.29. The molecule has 41 heavy (non-hydrogen) atoms. The van der Waals surface area contributed by atoms with Gasteiger partial charge >= 0.3 is 5.97 Å². The molecule has 1 heterocycles. The van der Waals surface area contributed by atoms with Gasteiger partial charge in [0.2, 0.25) is 0 Å². The van der Waals surface area contributed by atoms with Crippen LogP contribution in [0.5, 0.6) is 0 Å². The van der Waals surface area contributed by atoms with Crippen molar-refractivity contribution in [1.29, 1.82) is 0 Å². The first-order valence-electron chi connectivity index (χ1n) is 14.7. The third kappa shape index (κ3) is 5.51. The Kier molecular flexibility index (Phi) is 8.76. The summed E-state index contributed by atoms with van der Waals surface area (Å²) >= 11 is 12.3. The molecule has 3 aliphatic carbocycles. The molecular weight excluding hydrogens is 561 g/mol. The van der Waals surface area contributed by atoms with Crippen LogP contribution >= 0.6 is 23.2 Å². The van der Waals surface area contributed by atoms with Gasteiger partial charge in [-0.05, 0) is 63.1 Å². The number of esters is 1. The number of pyridine rings is 1. The number of halogens is 2. The molecule has 218 valence electrons. The van der Waals surface area contributed by atoms with Gasteiger partial charge < -0.3 is 15.4 Å². The molecule has 9 heteroatoms. The van der Waals surface area contributed by atoms with Crippen molar-refractivity contribution >= 4 is 46.5 Å². The number of anilines is 1. The summed E-state index contributed by atoms with van der Waals surface area (Å²) in [4.78, 5) is 44.2. The van der Waals surface area contributed by atoms with Crippen LogP contribution in [0.2, 0.25) is 10.0 Å². The molecule has 0 bridgehead atoms. The zero-order chi connectivity index (χ0) is 29.2. The van der Waals surface area contributed by atoms with E-state index in [1.165, 1.54) is 18.8 Å². The van der Waals surface area contributed by atoms with Crippen LogP contribution in [0.15, 0.2) is 47.9 Å². The molecule has 1 aromatic heterocycles. The van der Waals surface area contributed by atoms with Gasteiger partial charge in [-0.2, -0.15) is 0 Å². The number of hydrogen-bond donors (Lipinski definition) is 2. The second-order valence-electron chi connectivity index (χ2n) is 11.6. The Morgan fingerprint density at radius 1 is 1.00 bits per heavy atom. The van der Waals surface area contributed by atoms with Crippen LogP contribution in [0.25, 0.3) is 0 Å². The number of carbonyl (C=O) groups is 3. The SMILES string of the molecule is CCOC(=O)[C@@](C)(NC1=C(C2CCCCC2)C(=O)C12CCCCC2)c1ccc(NC(=O)c2c(Cl)cncc2Cl)cc1. The first kappa shape index (κ1) is 29.6. The maximum Gasteiger partial charge on any atom is 0.336 e. The van der Waals surface area contributed by atoms with Crippen molar-refractivity contribution in [3.8, 4) is 0 Å². The van der Waals surface area contributed by atoms with Crippen LogP contribution < -0.4 is 10.6 Å². The summed E-state index contributed by atoms with van der Waals surface area (Å²) in [6, 6.07) is 7.05. The molecule has 7 nitrogen and oxygen atoms in total. The van der Waals surface area contributed by atoms with E-state index in [2.05, 4.69) is 15.6 Å². The summed E-state index contributed by atoms with van der Waals surface area (Å²) in [6.07, 6.45) is 13.0. The number of Topliss-reactive ketones (excluding diaryl/α,β-unsaturated/α-hetero) is 1. The molecule has 1 atom stereocenters. The van der Waals surface area contributed by atoms with Gasteiger partial charge in [0.05, 0.1) is 27.6 Å². The summed E-state index contributed by atoms with van der Waals surface area (Å²) in [5, 5.41) is 6.74. The topological polar surface area (TPSA) is 97.4 Å². The van der Waals surface area contributed by atoms with Gasteiger partial charge in [-0.1, -0.05) is 73.9 Å². The summed E-state index contributed by atoms with van der Waals surface area (Å²) in [7, 11) is 0. The number of aromatic nitrogens is 1. The number of nitrogens with one attached hydrogen (secondary N) is 2. The van der Waals surface area contributed by atoms with E-state index in [9.17, 15) is 14.4 Å². The smallest absolute Gasteiger partial charge is 0.336 e. The highest BCUT2D eigenvalue weighted by atomic mass is 35.5. The number of ketones is 1. The molecule has 0 radical (unpaired) electrons. The lowest BCUT2D eigenvalue weighted by atomic mass is 9.55. The molecule has 5 rings (SSSR count). The molecule has 2 saturated carbocycles. The van der Waals surface area contributed by atoms with Crippen molar-refractivity contribution < 1.29 is 19.1 Å². The van der Waals surface area contributed by atoms with E-state index >= 15 is 0 Å². The lowest BCUT2D eigenvalue weighted by molar-refractivity contribution is -0.151. The van der Waals surface area contributed by atoms with E-state index in [0.29, 0.717) is 11.3 Å². The summed E-state index contributed by atoms with van der Waals surface area (Å²) in [6.45, 7) is 3.84. The highest BCUT2D eigenvalue weighted by Crippen LogP contribution is 2.56. The Bertz CT molecular complexity index is 1340. The number of hydrogen-bond acceptors (Lipinski definition) is 6. The van der Waals surface area contributed by atoms with Crippen molar-refractivity contribution in [2.24, 2.45) is 11.3 Å². The first-order valence-corrected chi connectivity index (χ1v) is 15.4. The summed E-state index contributed by atoms with van der Waals surface area (Å²) in [5.74, 6) is -0.352. The van der Waals surface area contributed by atoms with Gasteiger partial charge in [-0.3, -0.25) is 14.6 Å². The molecule has 0 aliphatic heterocycles. The average molecular weight is 599 g/mol. The number of amides is 1. The second kappa shape index (κ2) is 12.1. The fourth-order valence-electron chi connectivity index (χ4n) is 6.76. The monoisotopic (exact) mass is 597 g/mol. The van der Waals surface area contributed by atoms with Gasteiger partial charge in [-0.15, -0.1) is 0 Å². The molecule has 1 aromatic carbocycles. The Balaban J connectivity index is 1.47. The molecule has 0 saturated heterocycles. The van der Waals surface area contributed by atoms with Crippen molar-refractivity contribution in [2.45, 2.75) is 83.6 Å². The number of ether oxygens (including phenoxy) is 1.